The average Bonchev–Trinajstić information content (AvgIpc) is 2.64. The standard InChI is InChI=1S/C18H11BrClN3O3/c19-11-2-1-3-13(8-11)23-17(24)14-9-12(20)4-5-16(14)26-18(25)15-10-21-6-7-22-15/h1-10H,(H,23,24). The summed E-state index contributed by atoms with van der Waals surface area (Å²) < 4.78 is 6.11. The third-order valence-electron chi connectivity index (χ3n) is 3.24. The summed E-state index contributed by atoms with van der Waals surface area (Å²) in [6.07, 6.45) is 4.09. The minimum absolute atomic E-state index is 0.0285. The van der Waals surface area contributed by atoms with Gasteiger partial charge in [0, 0.05) is 27.6 Å². The lowest BCUT2D eigenvalue weighted by atomic mass is 10.1. The molecule has 0 bridgehead atoms. The van der Waals surface area contributed by atoms with Crippen LogP contribution in [-0.2, 0) is 0 Å². The molecule has 1 amide bonds. The van der Waals surface area contributed by atoms with Crippen LogP contribution in [0, 0.1) is 0 Å². The van der Waals surface area contributed by atoms with Crippen molar-refractivity contribution in [2.45, 2.75) is 0 Å². The molecule has 0 aliphatic heterocycles. The lowest BCUT2D eigenvalue weighted by Gasteiger charge is -2.11. The summed E-state index contributed by atoms with van der Waals surface area (Å²) in [5.74, 6) is -1.12. The average molecular weight is 433 g/mol. The first-order valence-corrected chi connectivity index (χ1v) is 8.55. The van der Waals surface area contributed by atoms with Crippen LogP contribution in [-0.4, -0.2) is 21.8 Å². The van der Waals surface area contributed by atoms with Crippen molar-refractivity contribution in [3.63, 3.8) is 0 Å². The fourth-order valence-corrected chi connectivity index (χ4v) is 2.66. The van der Waals surface area contributed by atoms with Gasteiger partial charge in [-0.1, -0.05) is 33.6 Å². The molecule has 6 nitrogen and oxygen atoms in total. The predicted molar refractivity (Wildman–Crippen MR) is 101 cm³/mol. The van der Waals surface area contributed by atoms with E-state index in [9.17, 15) is 9.59 Å². The van der Waals surface area contributed by atoms with Gasteiger partial charge in [-0.15, -0.1) is 0 Å². The van der Waals surface area contributed by atoms with Crippen molar-refractivity contribution < 1.29 is 14.3 Å². The number of benzene rings is 2. The Bertz CT molecular complexity index is 967. The molecule has 0 aliphatic carbocycles. The second kappa shape index (κ2) is 8.07. The van der Waals surface area contributed by atoms with E-state index in [0.29, 0.717) is 10.7 Å². The lowest BCUT2D eigenvalue weighted by Crippen LogP contribution is -2.17. The molecule has 3 rings (SSSR count). The van der Waals surface area contributed by atoms with Crippen LogP contribution in [0.4, 0.5) is 5.69 Å². The Kier molecular flexibility index (Phi) is 5.60. The first kappa shape index (κ1) is 18.0. The summed E-state index contributed by atoms with van der Waals surface area (Å²) in [7, 11) is 0. The Morgan fingerprint density at radius 3 is 2.69 bits per heavy atom. The molecule has 0 unspecified atom stereocenters. The van der Waals surface area contributed by atoms with Crippen LogP contribution in [0.25, 0.3) is 0 Å². The molecule has 26 heavy (non-hydrogen) atoms. The van der Waals surface area contributed by atoms with Crippen LogP contribution >= 0.6 is 27.5 Å². The first-order chi connectivity index (χ1) is 12.5. The number of hydrogen-bond acceptors (Lipinski definition) is 5. The number of aromatic nitrogens is 2. The second-order valence-electron chi connectivity index (χ2n) is 5.09. The summed E-state index contributed by atoms with van der Waals surface area (Å²) in [6.45, 7) is 0. The summed E-state index contributed by atoms with van der Waals surface area (Å²) >= 11 is 9.33. The number of carbonyl (C=O) groups is 2. The molecule has 0 saturated carbocycles. The molecule has 0 aliphatic rings. The molecule has 8 heteroatoms. The van der Waals surface area contributed by atoms with Crippen molar-refractivity contribution in [3.05, 3.63) is 81.8 Å². The maximum absolute atomic E-state index is 12.6. The van der Waals surface area contributed by atoms with Crippen LogP contribution in [0.5, 0.6) is 5.75 Å². The molecule has 1 heterocycles. The van der Waals surface area contributed by atoms with Gasteiger partial charge in [0.25, 0.3) is 5.91 Å². The van der Waals surface area contributed by atoms with Gasteiger partial charge in [-0.3, -0.25) is 9.78 Å². The highest BCUT2D eigenvalue weighted by Crippen LogP contribution is 2.25. The van der Waals surface area contributed by atoms with E-state index in [0.717, 1.165) is 4.47 Å². The van der Waals surface area contributed by atoms with Gasteiger partial charge >= 0.3 is 5.97 Å². The largest absolute Gasteiger partial charge is 0.421 e. The summed E-state index contributed by atoms with van der Waals surface area (Å²) in [5, 5.41) is 3.07. The van der Waals surface area contributed by atoms with Crippen LogP contribution in [0.15, 0.2) is 65.5 Å². The molecule has 0 radical (unpaired) electrons. The molecule has 1 aromatic heterocycles. The monoisotopic (exact) mass is 431 g/mol. The van der Waals surface area contributed by atoms with E-state index in [1.807, 2.05) is 6.07 Å². The third kappa shape index (κ3) is 4.44. The van der Waals surface area contributed by atoms with Gasteiger partial charge in [-0.25, -0.2) is 9.78 Å². The lowest BCUT2D eigenvalue weighted by molar-refractivity contribution is 0.0726. The van der Waals surface area contributed by atoms with E-state index in [-0.39, 0.29) is 17.0 Å². The van der Waals surface area contributed by atoms with Crippen molar-refractivity contribution in [1.29, 1.82) is 0 Å². The maximum Gasteiger partial charge on any atom is 0.363 e. The number of rotatable bonds is 4. The van der Waals surface area contributed by atoms with Crippen molar-refractivity contribution in [3.8, 4) is 5.75 Å². The highest BCUT2D eigenvalue weighted by atomic mass is 79.9. The zero-order valence-electron chi connectivity index (χ0n) is 13.1. The molecule has 0 fully saturated rings. The van der Waals surface area contributed by atoms with E-state index in [4.69, 9.17) is 16.3 Å². The van der Waals surface area contributed by atoms with Gasteiger partial charge in [0.15, 0.2) is 5.69 Å². The molecule has 0 spiro atoms. The van der Waals surface area contributed by atoms with E-state index in [1.54, 1.807) is 18.2 Å². The van der Waals surface area contributed by atoms with Gasteiger partial charge in [-0.2, -0.15) is 0 Å². The normalized spacial score (nSPS) is 10.2. The van der Waals surface area contributed by atoms with E-state index < -0.39 is 11.9 Å². The minimum Gasteiger partial charge on any atom is -0.421 e. The molecule has 1 N–H and O–H groups in total. The maximum atomic E-state index is 12.6. The smallest absolute Gasteiger partial charge is 0.363 e. The fraction of sp³-hybridized carbons (Fsp3) is 0. The zero-order chi connectivity index (χ0) is 18.5. The first-order valence-electron chi connectivity index (χ1n) is 7.37. The summed E-state index contributed by atoms with van der Waals surface area (Å²) in [5.41, 5.74) is 0.728. The highest BCUT2D eigenvalue weighted by Gasteiger charge is 2.18. The quantitative estimate of drug-likeness (QED) is 0.489. The molecule has 0 atom stereocenters. The van der Waals surface area contributed by atoms with Crippen LogP contribution < -0.4 is 10.1 Å². The Hall–Kier alpha value is -2.77. The van der Waals surface area contributed by atoms with E-state index >= 15 is 0 Å². The van der Waals surface area contributed by atoms with Crippen molar-refractivity contribution in [2.24, 2.45) is 0 Å². The number of anilines is 1. The predicted octanol–water partition coefficient (Wildman–Crippen LogP) is 4.36. The van der Waals surface area contributed by atoms with Crippen LogP contribution in [0.3, 0.4) is 0 Å². The van der Waals surface area contributed by atoms with E-state index in [2.05, 4.69) is 31.2 Å². The van der Waals surface area contributed by atoms with Gasteiger partial charge in [0.2, 0.25) is 0 Å². The van der Waals surface area contributed by atoms with Crippen molar-refractivity contribution in [2.75, 3.05) is 5.32 Å². The van der Waals surface area contributed by atoms with E-state index in [1.165, 1.54) is 36.8 Å². The number of nitrogens with one attached hydrogen (secondary N) is 1. The topological polar surface area (TPSA) is 81.2 Å². The zero-order valence-corrected chi connectivity index (χ0v) is 15.5. The molecule has 0 saturated heterocycles. The SMILES string of the molecule is O=C(Oc1ccc(Cl)cc1C(=O)Nc1cccc(Br)c1)c1cnccn1. The summed E-state index contributed by atoms with van der Waals surface area (Å²) in [4.78, 5) is 32.5. The second-order valence-corrected chi connectivity index (χ2v) is 6.44. The Balaban J connectivity index is 1.86. The molecular formula is C18H11BrClN3O3. The summed E-state index contributed by atoms with van der Waals surface area (Å²) in [6, 6.07) is 11.5. The minimum atomic E-state index is -0.725. The van der Waals surface area contributed by atoms with Crippen molar-refractivity contribution >= 4 is 45.1 Å². The van der Waals surface area contributed by atoms with Gasteiger partial charge < -0.3 is 10.1 Å². The molecule has 130 valence electrons. The molecule has 3 aromatic rings. The highest BCUT2D eigenvalue weighted by molar-refractivity contribution is 9.10. The number of halogens is 2. The number of carbonyl (C=O) groups excluding carboxylic acids is 2. The number of hydrogen-bond donors (Lipinski definition) is 1. The number of ether oxygens (including phenoxy) is 1. The van der Waals surface area contributed by atoms with Crippen LogP contribution in [0.1, 0.15) is 20.8 Å². The molecule has 2 aromatic carbocycles. The van der Waals surface area contributed by atoms with Gasteiger partial charge in [0.05, 0.1) is 11.8 Å². The number of nitrogens with zero attached hydrogens (tertiary/aromatic N) is 2. The Morgan fingerprint density at radius 2 is 1.96 bits per heavy atom. The molecular weight excluding hydrogens is 422 g/mol. The van der Waals surface area contributed by atoms with Crippen molar-refractivity contribution in [1.82, 2.24) is 9.97 Å². The number of amides is 1. The van der Waals surface area contributed by atoms with Gasteiger partial charge in [-0.05, 0) is 36.4 Å². The Morgan fingerprint density at radius 1 is 1.12 bits per heavy atom. The third-order valence-corrected chi connectivity index (χ3v) is 3.97. The number of esters is 1. The van der Waals surface area contributed by atoms with Gasteiger partial charge in [0.1, 0.15) is 5.75 Å². The van der Waals surface area contributed by atoms with Crippen LogP contribution in [0.2, 0.25) is 5.02 Å². The fourth-order valence-electron chi connectivity index (χ4n) is 2.09. The Labute approximate surface area is 162 Å².